The molecule has 5 heteroatoms. The number of ether oxygens (including phenoxy) is 1. The Balaban J connectivity index is 2.16. The Morgan fingerprint density at radius 2 is 1.70 bits per heavy atom. The van der Waals surface area contributed by atoms with Gasteiger partial charge in [0.15, 0.2) is 5.76 Å². The normalized spacial score (nSPS) is 15.8. The van der Waals surface area contributed by atoms with Gasteiger partial charge in [-0.1, -0.05) is 47.5 Å². The van der Waals surface area contributed by atoms with Crippen molar-refractivity contribution in [2.45, 2.75) is 0 Å². The molecule has 0 unspecified atom stereocenters. The summed E-state index contributed by atoms with van der Waals surface area (Å²) in [6.45, 7) is 0. The van der Waals surface area contributed by atoms with E-state index in [4.69, 9.17) is 27.9 Å². The minimum Gasteiger partial charge on any atom is -0.421 e. The van der Waals surface area contributed by atoms with Crippen LogP contribution >= 0.6 is 39.1 Å². The van der Waals surface area contributed by atoms with Gasteiger partial charge in [-0.2, -0.15) is 0 Å². The summed E-state index contributed by atoms with van der Waals surface area (Å²) in [6, 6.07) is 12.5. The zero-order chi connectivity index (χ0) is 14.3. The van der Waals surface area contributed by atoms with Crippen LogP contribution in [0.5, 0.6) is 0 Å². The van der Waals surface area contributed by atoms with Gasteiger partial charge in [0.1, 0.15) is 0 Å². The number of carbonyl (C=O) groups is 1. The minimum atomic E-state index is -0.354. The quantitative estimate of drug-likeness (QED) is 0.630. The molecule has 2 aromatic rings. The van der Waals surface area contributed by atoms with Crippen LogP contribution in [-0.4, -0.2) is 5.97 Å². The molecule has 3 rings (SSSR count). The van der Waals surface area contributed by atoms with Crippen LogP contribution in [0.25, 0.3) is 10.2 Å². The van der Waals surface area contributed by atoms with E-state index in [1.165, 1.54) is 0 Å². The van der Waals surface area contributed by atoms with Crippen LogP contribution in [-0.2, 0) is 4.74 Å². The number of fused-ring (bicyclic) bond motifs is 1. The first kappa shape index (κ1) is 13.7. The maximum Gasteiger partial charge on any atom is 0.344 e. The fourth-order valence-corrected chi connectivity index (χ4v) is 2.83. The van der Waals surface area contributed by atoms with E-state index in [1.54, 1.807) is 30.3 Å². The average molecular weight is 370 g/mol. The molecule has 20 heavy (non-hydrogen) atoms. The summed E-state index contributed by atoms with van der Waals surface area (Å²) in [6.07, 6.45) is 0. The molecule has 0 radical (unpaired) electrons. The Morgan fingerprint density at radius 1 is 1.00 bits per heavy atom. The predicted molar refractivity (Wildman–Crippen MR) is 84.1 cm³/mol. The first-order valence-corrected chi connectivity index (χ1v) is 7.29. The molecule has 0 amide bonds. The average Bonchev–Trinajstić information content (AvgIpc) is 2.79. The summed E-state index contributed by atoms with van der Waals surface area (Å²) in [5.74, 6) is 0.136. The van der Waals surface area contributed by atoms with Crippen LogP contribution in [0.2, 0.25) is 10.0 Å². The van der Waals surface area contributed by atoms with Crippen molar-refractivity contribution < 1.29 is 9.53 Å². The molecule has 0 fully saturated rings. The third-order valence-corrected chi connectivity index (χ3v) is 4.52. The second kappa shape index (κ2) is 5.24. The van der Waals surface area contributed by atoms with Crippen LogP contribution in [0, 0.1) is 0 Å². The molecule has 2 nitrogen and oxygen atoms in total. The Hall–Kier alpha value is -1.29. The molecular weight excluding hydrogens is 363 g/mol. The van der Waals surface area contributed by atoms with Crippen molar-refractivity contribution in [2.24, 2.45) is 0 Å². The molecule has 0 spiro atoms. The van der Waals surface area contributed by atoms with Crippen LogP contribution in [0.15, 0.2) is 42.5 Å². The van der Waals surface area contributed by atoms with Gasteiger partial charge >= 0.3 is 5.97 Å². The zero-order valence-electron chi connectivity index (χ0n) is 9.99. The molecular formula is C15H7BrCl2O2. The van der Waals surface area contributed by atoms with E-state index in [9.17, 15) is 4.79 Å². The topological polar surface area (TPSA) is 26.3 Å². The molecule has 0 atom stereocenters. The van der Waals surface area contributed by atoms with Crippen molar-refractivity contribution in [3.05, 3.63) is 69.2 Å². The molecule has 0 saturated heterocycles. The largest absolute Gasteiger partial charge is 0.421 e. The summed E-state index contributed by atoms with van der Waals surface area (Å²) < 4.78 is 6.00. The summed E-state index contributed by atoms with van der Waals surface area (Å²) in [7, 11) is 0. The first-order chi connectivity index (χ1) is 9.58. The van der Waals surface area contributed by atoms with Gasteiger partial charge in [0.25, 0.3) is 0 Å². The smallest absolute Gasteiger partial charge is 0.344 e. The third-order valence-electron chi connectivity index (χ3n) is 2.96. The van der Waals surface area contributed by atoms with Crippen molar-refractivity contribution in [3.8, 4) is 0 Å². The summed E-state index contributed by atoms with van der Waals surface area (Å²) >= 11 is 15.4. The molecule has 1 aliphatic heterocycles. The number of benzene rings is 2. The zero-order valence-corrected chi connectivity index (χ0v) is 13.1. The van der Waals surface area contributed by atoms with E-state index in [-0.39, 0.29) is 5.97 Å². The molecule has 1 heterocycles. The second-order valence-electron chi connectivity index (χ2n) is 4.21. The van der Waals surface area contributed by atoms with Gasteiger partial charge in [0, 0.05) is 5.56 Å². The first-order valence-electron chi connectivity index (χ1n) is 5.74. The Labute approximate surface area is 134 Å². The maximum atomic E-state index is 11.8. The molecule has 0 bridgehead atoms. The van der Waals surface area contributed by atoms with E-state index in [1.807, 2.05) is 12.1 Å². The van der Waals surface area contributed by atoms with Crippen molar-refractivity contribution in [1.82, 2.24) is 0 Å². The Bertz CT molecular complexity index is 753. The molecule has 100 valence electrons. The lowest BCUT2D eigenvalue weighted by atomic mass is 10.1. The lowest BCUT2D eigenvalue weighted by Gasteiger charge is -2.06. The standard InChI is InChI=1S/C15H7BrCl2O2/c16-13(8-5-6-11(17)12(18)7-8)14-9-3-1-2-4-10(9)15(19)20-14/h1-7H. The Kier molecular flexibility index (Phi) is 3.59. The lowest BCUT2D eigenvalue weighted by molar-refractivity contribution is 0.0717. The minimum absolute atomic E-state index is 0.354. The van der Waals surface area contributed by atoms with Crippen LogP contribution in [0.3, 0.4) is 0 Å². The van der Waals surface area contributed by atoms with E-state index in [0.717, 1.165) is 11.1 Å². The van der Waals surface area contributed by atoms with Gasteiger partial charge in [-0.25, -0.2) is 4.79 Å². The van der Waals surface area contributed by atoms with Crippen molar-refractivity contribution in [2.75, 3.05) is 0 Å². The van der Waals surface area contributed by atoms with Crippen LogP contribution in [0.4, 0.5) is 0 Å². The number of halogens is 3. The van der Waals surface area contributed by atoms with E-state index in [0.29, 0.717) is 25.9 Å². The van der Waals surface area contributed by atoms with Crippen LogP contribution in [0.1, 0.15) is 21.5 Å². The lowest BCUT2D eigenvalue weighted by Crippen LogP contribution is -1.92. The summed E-state index contributed by atoms with van der Waals surface area (Å²) in [5, 5.41) is 0.920. The van der Waals surface area contributed by atoms with Crippen molar-refractivity contribution in [3.63, 3.8) is 0 Å². The summed E-state index contributed by atoms with van der Waals surface area (Å²) in [5.41, 5.74) is 2.11. The van der Waals surface area contributed by atoms with Crippen molar-refractivity contribution >= 4 is 55.3 Å². The predicted octanol–water partition coefficient (Wildman–Crippen LogP) is 5.38. The van der Waals surface area contributed by atoms with Gasteiger partial charge in [0.05, 0.1) is 20.1 Å². The SMILES string of the molecule is O=C1OC(=C(Br)c2ccc(Cl)c(Cl)c2)c2ccccc21. The number of cyclic esters (lactones) is 1. The van der Waals surface area contributed by atoms with Gasteiger partial charge in [-0.15, -0.1) is 0 Å². The fraction of sp³-hybridized carbons (Fsp3) is 0. The monoisotopic (exact) mass is 368 g/mol. The van der Waals surface area contributed by atoms with Gasteiger partial charge in [-0.05, 0) is 39.7 Å². The maximum absolute atomic E-state index is 11.8. The highest BCUT2D eigenvalue weighted by atomic mass is 79.9. The highest BCUT2D eigenvalue weighted by Crippen LogP contribution is 2.39. The van der Waals surface area contributed by atoms with Gasteiger partial charge in [-0.3, -0.25) is 0 Å². The number of rotatable bonds is 1. The fourth-order valence-electron chi connectivity index (χ4n) is 1.99. The third kappa shape index (κ3) is 2.26. The highest BCUT2D eigenvalue weighted by molar-refractivity contribution is 9.15. The molecule has 1 aliphatic rings. The van der Waals surface area contributed by atoms with Crippen LogP contribution < -0.4 is 0 Å². The number of hydrogen-bond donors (Lipinski definition) is 0. The Morgan fingerprint density at radius 3 is 2.40 bits per heavy atom. The second-order valence-corrected chi connectivity index (χ2v) is 5.81. The number of hydrogen-bond acceptors (Lipinski definition) is 2. The molecule has 0 N–H and O–H groups in total. The van der Waals surface area contributed by atoms with E-state index in [2.05, 4.69) is 15.9 Å². The van der Waals surface area contributed by atoms with Gasteiger partial charge < -0.3 is 4.74 Å². The number of esters is 1. The molecule has 0 saturated carbocycles. The summed E-state index contributed by atoms with van der Waals surface area (Å²) in [4.78, 5) is 11.8. The van der Waals surface area contributed by atoms with E-state index >= 15 is 0 Å². The molecule has 2 aromatic carbocycles. The highest BCUT2D eigenvalue weighted by Gasteiger charge is 2.28. The van der Waals surface area contributed by atoms with Crippen molar-refractivity contribution in [1.29, 1.82) is 0 Å². The molecule has 0 aromatic heterocycles. The molecule has 0 aliphatic carbocycles. The van der Waals surface area contributed by atoms with Gasteiger partial charge in [0.2, 0.25) is 0 Å². The van der Waals surface area contributed by atoms with E-state index < -0.39 is 0 Å². The number of carbonyl (C=O) groups excluding carboxylic acids is 1.